The number of carbonyl (C=O) groups excluding carboxylic acids is 1. The maximum Gasteiger partial charge on any atom is 0.371 e. The second-order valence-corrected chi connectivity index (χ2v) is 1.44. The highest BCUT2D eigenvalue weighted by molar-refractivity contribution is 7.96. The highest BCUT2D eigenvalue weighted by Gasteiger charge is 1.95. The molecule has 0 rings (SSSR count). The van der Waals surface area contributed by atoms with Crippen LogP contribution in [0.4, 0.5) is 4.79 Å². The summed E-state index contributed by atoms with van der Waals surface area (Å²) in [5.74, 6) is 4.23. The van der Waals surface area contributed by atoms with Crippen LogP contribution in [0.5, 0.6) is 0 Å². The number of nitrogens with one attached hydrogen (secondary N) is 1. The monoisotopic (exact) mass is 143 g/mol. The molecule has 0 saturated carbocycles. The summed E-state index contributed by atoms with van der Waals surface area (Å²) in [4.78, 5) is 9.96. The Labute approximate surface area is 58.3 Å². The Morgan fingerprint density at radius 3 is 2.67 bits per heavy atom. The van der Waals surface area contributed by atoms with Crippen LogP contribution in [0.2, 0.25) is 0 Å². The van der Waals surface area contributed by atoms with E-state index in [2.05, 4.69) is 29.2 Å². The lowest BCUT2D eigenvalue weighted by molar-refractivity contribution is 0.225. The van der Waals surface area contributed by atoms with E-state index >= 15 is 0 Å². The van der Waals surface area contributed by atoms with Crippen molar-refractivity contribution in [1.82, 2.24) is 0 Å². The standard InChI is InChI=1S/C5H5NO2S/c1-2-3-4(6)8-5(7)9/h6H,1H3,(H,7,9). The van der Waals surface area contributed by atoms with Gasteiger partial charge in [0, 0.05) is 0 Å². The number of hydrogen-bond donors (Lipinski definition) is 2. The van der Waals surface area contributed by atoms with Crippen molar-refractivity contribution in [2.45, 2.75) is 6.92 Å². The van der Waals surface area contributed by atoms with Gasteiger partial charge in [-0.3, -0.25) is 5.41 Å². The van der Waals surface area contributed by atoms with Crippen LogP contribution >= 0.6 is 12.6 Å². The molecule has 0 amide bonds. The predicted octanol–water partition coefficient (Wildman–Crippen LogP) is 1.05. The van der Waals surface area contributed by atoms with Gasteiger partial charge in [-0.05, 0) is 12.8 Å². The Balaban J connectivity index is 3.74. The minimum Gasteiger partial charge on any atom is -0.392 e. The van der Waals surface area contributed by atoms with Crippen LogP contribution in [0, 0.1) is 17.3 Å². The lowest BCUT2D eigenvalue weighted by atomic mass is 10.6. The maximum absolute atomic E-state index is 9.96. The molecule has 0 bridgehead atoms. The van der Waals surface area contributed by atoms with Crippen molar-refractivity contribution in [3.05, 3.63) is 0 Å². The molecule has 9 heavy (non-hydrogen) atoms. The minimum atomic E-state index is -0.817. The topological polar surface area (TPSA) is 50.1 Å². The molecule has 0 heterocycles. The molecule has 0 aliphatic heterocycles. The molecule has 0 spiro atoms. The van der Waals surface area contributed by atoms with Crippen molar-refractivity contribution in [3.8, 4) is 11.8 Å². The van der Waals surface area contributed by atoms with Crippen LogP contribution in [0.25, 0.3) is 0 Å². The normalized spacial score (nSPS) is 6.89. The maximum atomic E-state index is 9.96. The smallest absolute Gasteiger partial charge is 0.371 e. The first kappa shape index (κ1) is 8.05. The summed E-state index contributed by atoms with van der Waals surface area (Å²) < 4.78 is 4.13. The van der Waals surface area contributed by atoms with Crippen molar-refractivity contribution in [2.24, 2.45) is 0 Å². The van der Waals surface area contributed by atoms with E-state index in [0.29, 0.717) is 0 Å². The molecular formula is C5H5NO2S. The van der Waals surface area contributed by atoms with Crippen LogP contribution in [-0.4, -0.2) is 11.2 Å². The van der Waals surface area contributed by atoms with E-state index in [1.165, 1.54) is 0 Å². The van der Waals surface area contributed by atoms with E-state index in [4.69, 9.17) is 5.41 Å². The molecule has 3 nitrogen and oxygen atoms in total. The van der Waals surface area contributed by atoms with Crippen molar-refractivity contribution in [1.29, 1.82) is 5.41 Å². The average Bonchev–Trinajstić information content (AvgIpc) is 1.63. The third-order valence-electron chi connectivity index (χ3n) is 0.428. The van der Waals surface area contributed by atoms with E-state index in [1.54, 1.807) is 6.92 Å². The molecule has 4 heteroatoms. The summed E-state index contributed by atoms with van der Waals surface area (Å²) in [7, 11) is 0. The molecule has 0 aliphatic rings. The Hall–Kier alpha value is -0.950. The first-order chi connectivity index (χ1) is 4.16. The fourth-order valence-electron chi connectivity index (χ4n) is 0.226. The SMILES string of the molecule is CC#CC(=N)OC(=O)S. The van der Waals surface area contributed by atoms with Crippen molar-refractivity contribution in [2.75, 3.05) is 0 Å². The molecule has 1 N–H and O–H groups in total. The number of thiol groups is 1. The van der Waals surface area contributed by atoms with Crippen LogP contribution in [0.15, 0.2) is 0 Å². The number of hydrogen-bond acceptors (Lipinski definition) is 3. The number of carbonyl (C=O) groups is 1. The lowest BCUT2D eigenvalue weighted by Crippen LogP contribution is -2.01. The van der Waals surface area contributed by atoms with E-state index in [1.807, 2.05) is 0 Å². The summed E-state index contributed by atoms with van der Waals surface area (Å²) in [6.07, 6.45) is 0. The molecule has 0 radical (unpaired) electrons. The summed E-state index contributed by atoms with van der Waals surface area (Å²) in [6.45, 7) is 1.54. The van der Waals surface area contributed by atoms with Gasteiger partial charge in [0.15, 0.2) is 0 Å². The van der Waals surface area contributed by atoms with E-state index in [-0.39, 0.29) is 5.90 Å². The minimum absolute atomic E-state index is 0.377. The van der Waals surface area contributed by atoms with E-state index in [9.17, 15) is 4.79 Å². The van der Waals surface area contributed by atoms with Crippen LogP contribution in [-0.2, 0) is 4.74 Å². The van der Waals surface area contributed by atoms with Crippen LogP contribution in [0.3, 0.4) is 0 Å². The van der Waals surface area contributed by atoms with Crippen LogP contribution < -0.4 is 0 Å². The largest absolute Gasteiger partial charge is 0.392 e. The zero-order valence-electron chi connectivity index (χ0n) is 4.76. The summed E-state index contributed by atoms with van der Waals surface area (Å²) >= 11 is 3.26. The Morgan fingerprint density at radius 2 is 2.33 bits per heavy atom. The zero-order chi connectivity index (χ0) is 7.28. The summed E-state index contributed by atoms with van der Waals surface area (Å²) in [5.41, 5.74) is 0. The first-order valence-electron chi connectivity index (χ1n) is 2.09. The highest BCUT2D eigenvalue weighted by Crippen LogP contribution is 1.85. The molecule has 0 saturated heterocycles. The molecule has 0 unspecified atom stereocenters. The fourth-order valence-corrected chi connectivity index (χ4v) is 0.318. The quantitative estimate of drug-likeness (QED) is 0.175. The van der Waals surface area contributed by atoms with Gasteiger partial charge in [0.1, 0.15) is 0 Å². The Bertz CT molecular complexity index is 189. The van der Waals surface area contributed by atoms with Crippen molar-refractivity contribution < 1.29 is 9.53 Å². The molecule has 0 aliphatic carbocycles. The van der Waals surface area contributed by atoms with Gasteiger partial charge in [-0.2, -0.15) is 0 Å². The lowest BCUT2D eigenvalue weighted by Gasteiger charge is -1.90. The van der Waals surface area contributed by atoms with Gasteiger partial charge in [-0.1, -0.05) is 18.5 Å². The highest BCUT2D eigenvalue weighted by atomic mass is 32.1. The van der Waals surface area contributed by atoms with Crippen LogP contribution in [0.1, 0.15) is 6.92 Å². The summed E-state index contributed by atoms with van der Waals surface area (Å²) in [6, 6.07) is 0. The molecule has 0 atom stereocenters. The number of rotatable bonds is 0. The van der Waals surface area contributed by atoms with Crippen molar-refractivity contribution >= 4 is 23.8 Å². The average molecular weight is 143 g/mol. The molecule has 0 aromatic heterocycles. The molecule has 0 aromatic carbocycles. The molecule has 0 aromatic rings. The van der Waals surface area contributed by atoms with E-state index in [0.717, 1.165) is 0 Å². The number of ether oxygens (including phenoxy) is 1. The van der Waals surface area contributed by atoms with Gasteiger partial charge >= 0.3 is 5.30 Å². The third-order valence-corrected chi connectivity index (χ3v) is 0.519. The van der Waals surface area contributed by atoms with E-state index < -0.39 is 5.30 Å². The van der Waals surface area contributed by atoms with Gasteiger partial charge in [0.05, 0.1) is 0 Å². The van der Waals surface area contributed by atoms with Gasteiger partial charge in [-0.15, -0.1) is 0 Å². The fraction of sp³-hybridized carbons (Fsp3) is 0.200. The zero-order valence-corrected chi connectivity index (χ0v) is 5.66. The van der Waals surface area contributed by atoms with Gasteiger partial charge in [0.2, 0.25) is 0 Å². The molecule has 48 valence electrons. The molecular weight excluding hydrogens is 138 g/mol. The van der Waals surface area contributed by atoms with Crippen molar-refractivity contribution in [3.63, 3.8) is 0 Å². The predicted molar refractivity (Wildman–Crippen MR) is 36.6 cm³/mol. The Kier molecular flexibility index (Phi) is 3.56. The second-order valence-electron chi connectivity index (χ2n) is 1.07. The second kappa shape index (κ2) is 3.98. The molecule has 0 fully saturated rings. The van der Waals surface area contributed by atoms with Gasteiger partial charge in [-0.25, -0.2) is 4.79 Å². The Morgan fingerprint density at radius 1 is 1.78 bits per heavy atom. The third kappa shape index (κ3) is 4.91. The van der Waals surface area contributed by atoms with Gasteiger partial charge in [0.25, 0.3) is 5.90 Å². The first-order valence-corrected chi connectivity index (χ1v) is 2.53. The summed E-state index contributed by atoms with van der Waals surface area (Å²) in [5, 5.41) is 5.94. The van der Waals surface area contributed by atoms with Gasteiger partial charge < -0.3 is 4.74 Å².